The topological polar surface area (TPSA) is 71.1 Å². The molecule has 0 saturated carbocycles. The van der Waals surface area contributed by atoms with Gasteiger partial charge in [-0.1, -0.05) is 29.8 Å². The summed E-state index contributed by atoms with van der Waals surface area (Å²) in [6.45, 7) is 2.72. The van der Waals surface area contributed by atoms with E-state index in [0.29, 0.717) is 11.3 Å². The fraction of sp³-hybridized carbons (Fsp3) is 0.238. The van der Waals surface area contributed by atoms with Crippen LogP contribution in [0, 0.1) is 5.82 Å². The maximum Gasteiger partial charge on any atom is 0.348 e. The van der Waals surface area contributed by atoms with Crippen molar-refractivity contribution in [2.45, 2.75) is 26.2 Å². The molecule has 3 rings (SSSR count). The van der Waals surface area contributed by atoms with Crippen molar-refractivity contribution in [3.63, 3.8) is 0 Å². The van der Waals surface area contributed by atoms with Crippen molar-refractivity contribution in [1.82, 2.24) is 0 Å². The predicted octanol–water partition coefficient (Wildman–Crippen LogP) is 4.29. The molecule has 0 unspecified atom stereocenters. The number of esters is 2. The molecule has 6 nitrogen and oxygen atoms in total. The van der Waals surface area contributed by atoms with Crippen LogP contribution in [-0.4, -0.2) is 24.8 Å². The number of rotatable bonds is 5. The normalized spacial score (nSPS) is 15.4. The number of hydrogen-bond donors (Lipinski definition) is 0. The van der Waals surface area contributed by atoms with Crippen LogP contribution in [0.25, 0.3) is 6.08 Å². The molecule has 0 atom stereocenters. The molecule has 152 valence electrons. The zero-order chi connectivity index (χ0) is 21.2. The van der Waals surface area contributed by atoms with E-state index in [1.807, 2.05) is 0 Å². The van der Waals surface area contributed by atoms with Gasteiger partial charge in [0.25, 0.3) is 5.79 Å². The van der Waals surface area contributed by atoms with Gasteiger partial charge in [0, 0.05) is 25.0 Å². The van der Waals surface area contributed by atoms with Crippen LogP contribution in [0.4, 0.5) is 4.39 Å². The van der Waals surface area contributed by atoms with Gasteiger partial charge in [0.2, 0.25) is 0 Å². The van der Waals surface area contributed by atoms with Crippen LogP contribution < -0.4 is 9.47 Å². The molecule has 0 radical (unpaired) electrons. The van der Waals surface area contributed by atoms with E-state index in [4.69, 9.17) is 30.5 Å². The molecule has 1 fully saturated rings. The molecule has 1 heterocycles. The third-order valence-electron chi connectivity index (χ3n) is 4.07. The van der Waals surface area contributed by atoms with Crippen LogP contribution in [0.15, 0.2) is 42.0 Å². The Hall–Kier alpha value is -3.06. The second kappa shape index (κ2) is 8.13. The van der Waals surface area contributed by atoms with Gasteiger partial charge in [-0.25, -0.2) is 14.0 Å². The quantitative estimate of drug-likeness (QED) is 0.408. The van der Waals surface area contributed by atoms with Gasteiger partial charge < -0.3 is 18.9 Å². The summed E-state index contributed by atoms with van der Waals surface area (Å²) in [7, 11) is 1.43. The Bertz CT molecular complexity index is 956. The minimum Gasteiger partial charge on any atom is -0.493 e. The Morgan fingerprint density at radius 2 is 1.76 bits per heavy atom. The molecular formula is C21H18ClFO6. The second-order valence-corrected chi connectivity index (χ2v) is 7.01. The molecule has 2 aromatic rings. The summed E-state index contributed by atoms with van der Waals surface area (Å²) >= 11 is 6.04. The van der Waals surface area contributed by atoms with E-state index in [2.05, 4.69) is 0 Å². The summed E-state index contributed by atoms with van der Waals surface area (Å²) in [4.78, 5) is 24.5. The average molecular weight is 421 g/mol. The summed E-state index contributed by atoms with van der Waals surface area (Å²) in [5.74, 6) is -2.99. The number of ether oxygens (including phenoxy) is 4. The third kappa shape index (κ3) is 4.51. The predicted molar refractivity (Wildman–Crippen MR) is 103 cm³/mol. The number of methoxy groups -OCH3 is 1. The first-order chi connectivity index (χ1) is 13.7. The van der Waals surface area contributed by atoms with E-state index in [0.717, 1.165) is 0 Å². The molecule has 29 heavy (non-hydrogen) atoms. The van der Waals surface area contributed by atoms with Gasteiger partial charge in [-0.2, -0.15) is 0 Å². The highest BCUT2D eigenvalue weighted by Crippen LogP contribution is 2.35. The lowest BCUT2D eigenvalue weighted by Crippen LogP contribution is -2.41. The summed E-state index contributed by atoms with van der Waals surface area (Å²) in [5, 5.41) is 0.210. The Morgan fingerprint density at radius 1 is 1.10 bits per heavy atom. The van der Waals surface area contributed by atoms with Crippen molar-refractivity contribution in [3.8, 4) is 11.5 Å². The molecule has 8 heteroatoms. The van der Waals surface area contributed by atoms with Gasteiger partial charge in [-0.05, 0) is 24.3 Å². The minimum absolute atomic E-state index is 0.164. The summed E-state index contributed by atoms with van der Waals surface area (Å²) in [5.41, 5.74) is 0.212. The second-order valence-electron chi connectivity index (χ2n) is 6.60. The maximum absolute atomic E-state index is 14.1. The molecule has 2 aromatic carbocycles. The first-order valence-corrected chi connectivity index (χ1v) is 9.00. The highest BCUT2D eigenvalue weighted by atomic mass is 35.5. The number of halogens is 2. The standard InChI is InChI=1S/C21H18ClFO6/c1-21(2)28-19(24)13(20(25)29-21)10-12-6-4-9-17(26-3)18(12)27-11-14-15(22)7-5-8-16(14)23/h4-10H,11H2,1-3H3. The van der Waals surface area contributed by atoms with Crippen molar-refractivity contribution < 1.29 is 32.9 Å². The van der Waals surface area contributed by atoms with Crippen molar-refractivity contribution in [2.24, 2.45) is 0 Å². The van der Waals surface area contributed by atoms with Gasteiger partial charge in [-0.15, -0.1) is 0 Å². The molecule has 1 aliphatic rings. The molecule has 0 aromatic heterocycles. The molecule has 0 bridgehead atoms. The lowest BCUT2D eigenvalue weighted by Gasteiger charge is -2.29. The first-order valence-electron chi connectivity index (χ1n) is 8.63. The van der Waals surface area contributed by atoms with Gasteiger partial charge in [0.15, 0.2) is 11.5 Å². The summed E-state index contributed by atoms with van der Waals surface area (Å²) in [6.07, 6.45) is 1.28. The number of carbonyl (C=O) groups excluding carboxylic acids is 2. The van der Waals surface area contributed by atoms with Crippen molar-refractivity contribution in [1.29, 1.82) is 0 Å². The van der Waals surface area contributed by atoms with E-state index in [9.17, 15) is 14.0 Å². The Labute approximate surface area is 171 Å². The van der Waals surface area contributed by atoms with Gasteiger partial charge in [0.1, 0.15) is 18.0 Å². The zero-order valence-electron chi connectivity index (χ0n) is 16.0. The molecule has 0 amide bonds. The number of para-hydroxylation sites is 1. The van der Waals surface area contributed by atoms with Gasteiger partial charge >= 0.3 is 11.9 Å². The van der Waals surface area contributed by atoms with Crippen LogP contribution in [0.2, 0.25) is 5.02 Å². The minimum atomic E-state index is -1.35. The Kier molecular flexibility index (Phi) is 5.79. The third-order valence-corrected chi connectivity index (χ3v) is 4.42. The monoisotopic (exact) mass is 420 g/mol. The highest BCUT2D eigenvalue weighted by Gasteiger charge is 2.39. The van der Waals surface area contributed by atoms with Gasteiger partial charge in [-0.3, -0.25) is 0 Å². The largest absolute Gasteiger partial charge is 0.493 e. The fourth-order valence-electron chi connectivity index (χ4n) is 2.71. The lowest BCUT2D eigenvalue weighted by molar-refractivity contribution is -0.222. The van der Waals surface area contributed by atoms with Crippen molar-refractivity contribution >= 4 is 29.6 Å². The van der Waals surface area contributed by atoms with Crippen LogP contribution in [0.3, 0.4) is 0 Å². The van der Waals surface area contributed by atoms with Gasteiger partial charge in [0.05, 0.1) is 12.1 Å². The molecule has 0 N–H and O–H groups in total. The number of cyclic esters (lactones) is 2. The Morgan fingerprint density at radius 3 is 2.38 bits per heavy atom. The zero-order valence-corrected chi connectivity index (χ0v) is 16.7. The fourth-order valence-corrected chi connectivity index (χ4v) is 2.93. The number of benzene rings is 2. The molecule has 1 aliphatic heterocycles. The smallest absolute Gasteiger partial charge is 0.348 e. The van der Waals surface area contributed by atoms with Crippen molar-refractivity contribution in [2.75, 3.05) is 7.11 Å². The summed E-state index contributed by atoms with van der Waals surface area (Å²) in [6, 6.07) is 9.18. The lowest BCUT2D eigenvalue weighted by atomic mass is 10.1. The summed E-state index contributed by atoms with van der Waals surface area (Å²) < 4.78 is 35.3. The Balaban J connectivity index is 1.97. The van der Waals surface area contributed by atoms with Crippen molar-refractivity contribution in [3.05, 3.63) is 63.9 Å². The first kappa shape index (κ1) is 20.7. The molecular weight excluding hydrogens is 403 g/mol. The average Bonchev–Trinajstić information content (AvgIpc) is 2.64. The van der Waals surface area contributed by atoms with E-state index < -0.39 is 23.5 Å². The van der Waals surface area contributed by atoms with Crippen LogP contribution in [-0.2, 0) is 25.7 Å². The molecule has 0 spiro atoms. The van der Waals surface area contributed by atoms with E-state index in [1.165, 1.54) is 39.2 Å². The maximum atomic E-state index is 14.1. The van der Waals surface area contributed by atoms with Crippen LogP contribution in [0.1, 0.15) is 25.0 Å². The van der Waals surface area contributed by atoms with E-state index in [-0.39, 0.29) is 28.5 Å². The van der Waals surface area contributed by atoms with E-state index >= 15 is 0 Å². The van der Waals surface area contributed by atoms with Crippen LogP contribution in [0.5, 0.6) is 11.5 Å². The molecule has 0 aliphatic carbocycles. The molecule has 1 saturated heterocycles. The number of carbonyl (C=O) groups is 2. The number of hydrogen-bond acceptors (Lipinski definition) is 6. The SMILES string of the molecule is COc1cccc(C=C2C(=O)OC(C)(C)OC2=O)c1OCc1c(F)cccc1Cl. The van der Waals surface area contributed by atoms with E-state index in [1.54, 1.807) is 24.3 Å². The highest BCUT2D eigenvalue weighted by molar-refractivity contribution is 6.31. The van der Waals surface area contributed by atoms with Crippen LogP contribution >= 0.6 is 11.6 Å².